The Kier molecular flexibility index (Phi) is 4.57. The number of nitrogens with one attached hydrogen (secondary N) is 1. The number of aromatic hydroxyl groups is 2. The first-order valence-electron chi connectivity index (χ1n) is 6.65. The lowest BCUT2D eigenvalue weighted by molar-refractivity contribution is 0.403. The molecule has 1 aromatic heterocycles. The summed E-state index contributed by atoms with van der Waals surface area (Å²) >= 11 is 17.3. The Morgan fingerprint density at radius 3 is 2.75 bits per heavy atom. The smallest absolute Gasteiger partial charge is 0.216 e. The van der Waals surface area contributed by atoms with Gasteiger partial charge in [0.25, 0.3) is 0 Å². The zero-order chi connectivity index (χ0) is 17.3. The number of hydrogen-bond acceptors (Lipinski definition) is 5. The highest BCUT2D eigenvalue weighted by atomic mass is 35.5. The van der Waals surface area contributed by atoms with Crippen molar-refractivity contribution >= 4 is 41.6 Å². The number of phenolic OH excluding ortho intramolecular Hbond substituents is 2. The van der Waals surface area contributed by atoms with Gasteiger partial charge in [-0.2, -0.15) is 14.9 Å². The molecule has 0 aliphatic heterocycles. The van der Waals surface area contributed by atoms with Crippen LogP contribution >= 0.6 is 35.4 Å². The molecule has 2 aromatic carbocycles. The average molecular weight is 381 g/mol. The second-order valence-electron chi connectivity index (χ2n) is 4.75. The maximum absolute atomic E-state index is 9.82. The Labute approximate surface area is 151 Å². The van der Waals surface area contributed by atoms with E-state index in [9.17, 15) is 10.2 Å². The van der Waals surface area contributed by atoms with E-state index in [2.05, 4.69) is 15.3 Å². The van der Waals surface area contributed by atoms with Crippen LogP contribution in [0.1, 0.15) is 5.56 Å². The number of nitrogens with zero attached hydrogens (tertiary/aromatic N) is 3. The zero-order valence-electron chi connectivity index (χ0n) is 11.9. The molecule has 0 radical (unpaired) electrons. The van der Waals surface area contributed by atoms with E-state index in [0.29, 0.717) is 27.0 Å². The van der Waals surface area contributed by atoms with Gasteiger partial charge in [-0.3, -0.25) is 0 Å². The van der Waals surface area contributed by atoms with Gasteiger partial charge in [0.2, 0.25) is 4.77 Å². The average Bonchev–Trinajstić information content (AvgIpc) is 2.90. The van der Waals surface area contributed by atoms with Crippen molar-refractivity contribution in [1.82, 2.24) is 14.9 Å². The molecular formula is C15H10Cl2N4O2S. The molecule has 122 valence electrons. The molecule has 0 spiro atoms. The first kappa shape index (κ1) is 16.5. The molecular weight excluding hydrogens is 371 g/mol. The van der Waals surface area contributed by atoms with Gasteiger partial charge < -0.3 is 10.2 Å². The lowest BCUT2D eigenvalue weighted by Gasteiger charge is -2.04. The third-order valence-electron chi connectivity index (χ3n) is 3.18. The van der Waals surface area contributed by atoms with Crippen LogP contribution in [0.4, 0.5) is 0 Å². The van der Waals surface area contributed by atoms with E-state index in [0.717, 1.165) is 0 Å². The Balaban J connectivity index is 2.07. The molecule has 6 nitrogen and oxygen atoms in total. The maximum atomic E-state index is 9.82. The van der Waals surface area contributed by atoms with Crippen LogP contribution < -0.4 is 0 Å². The van der Waals surface area contributed by atoms with E-state index < -0.39 is 0 Å². The van der Waals surface area contributed by atoms with Crippen LogP contribution in [0.3, 0.4) is 0 Å². The highest BCUT2D eigenvalue weighted by Gasteiger charge is 2.12. The highest BCUT2D eigenvalue weighted by molar-refractivity contribution is 7.71. The molecule has 1 heterocycles. The third-order valence-corrected chi connectivity index (χ3v) is 3.99. The van der Waals surface area contributed by atoms with Gasteiger partial charge in [0.1, 0.15) is 0 Å². The van der Waals surface area contributed by atoms with Crippen molar-refractivity contribution in [2.24, 2.45) is 5.10 Å². The summed E-state index contributed by atoms with van der Waals surface area (Å²) in [6.07, 6.45) is 1.35. The van der Waals surface area contributed by atoms with Crippen LogP contribution in [-0.4, -0.2) is 31.3 Å². The molecule has 0 unspecified atom stereocenters. The second-order valence-corrected chi connectivity index (χ2v) is 5.98. The van der Waals surface area contributed by atoms with Crippen molar-refractivity contribution in [3.63, 3.8) is 0 Å². The lowest BCUT2D eigenvalue weighted by atomic mass is 10.2. The van der Waals surface area contributed by atoms with Gasteiger partial charge in [0.15, 0.2) is 17.3 Å². The highest BCUT2D eigenvalue weighted by Crippen LogP contribution is 2.30. The van der Waals surface area contributed by atoms with Gasteiger partial charge >= 0.3 is 0 Å². The minimum absolute atomic E-state index is 0.240. The number of rotatable bonds is 3. The van der Waals surface area contributed by atoms with Crippen molar-refractivity contribution in [2.45, 2.75) is 0 Å². The van der Waals surface area contributed by atoms with Gasteiger partial charge in [-0.15, -0.1) is 0 Å². The predicted molar refractivity (Wildman–Crippen MR) is 95.6 cm³/mol. The van der Waals surface area contributed by atoms with E-state index in [1.807, 2.05) is 0 Å². The Hall–Kier alpha value is -2.35. The number of phenols is 2. The van der Waals surface area contributed by atoms with E-state index in [1.165, 1.54) is 17.0 Å². The van der Waals surface area contributed by atoms with Crippen molar-refractivity contribution in [1.29, 1.82) is 0 Å². The van der Waals surface area contributed by atoms with Gasteiger partial charge in [-0.1, -0.05) is 29.3 Å². The van der Waals surface area contributed by atoms with Crippen molar-refractivity contribution < 1.29 is 10.2 Å². The predicted octanol–water partition coefficient (Wildman–Crippen LogP) is 4.21. The molecule has 0 atom stereocenters. The largest absolute Gasteiger partial charge is 0.504 e. The number of halogens is 2. The number of H-pyrrole nitrogens is 1. The summed E-state index contributed by atoms with van der Waals surface area (Å²) in [6.45, 7) is 0. The van der Waals surface area contributed by atoms with E-state index >= 15 is 0 Å². The molecule has 3 aromatic rings. The van der Waals surface area contributed by atoms with Gasteiger partial charge in [0.05, 0.1) is 11.2 Å². The first-order valence-corrected chi connectivity index (χ1v) is 7.82. The third kappa shape index (κ3) is 3.14. The van der Waals surface area contributed by atoms with Gasteiger partial charge in [0, 0.05) is 16.1 Å². The molecule has 9 heteroatoms. The molecule has 3 N–H and O–H groups in total. The molecule has 24 heavy (non-hydrogen) atoms. The quantitative estimate of drug-likeness (QED) is 0.360. The van der Waals surface area contributed by atoms with Crippen molar-refractivity contribution in [3.05, 3.63) is 56.8 Å². The van der Waals surface area contributed by atoms with Crippen LogP contribution in [0, 0.1) is 4.77 Å². The molecule has 0 aliphatic carbocycles. The standard InChI is InChI=1S/C15H10Cl2N4O2S/c16-9-4-5-10(11(17)6-9)14-19-20-15(24)21(14)18-7-8-2-1-3-12(22)13(8)23/h1-7,22-23H,(H,20,24). The summed E-state index contributed by atoms with van der Waals surface area (Å²) < 4.78 is 1.60. The van der Waals surface area contributed by atoms with E-state index in [4.69, 9.17) is 35.4 Å². The lowest BCUT2D eigenvalue weighted by Crippen LogP contribution is -1.96. The van der Waals surface area contributed by atoms with Crippen LogP contribution in [0.15, 0.2) is 41.5 Å². The minimum atomic E-state index is -0.276. The molecule has 0 saturated carbocycles. The number of benzene rings is 2. The van der Waals surface area contributed by atoms with E-state index in [1.54, 1.807) is 30.3 Å². The molecule has 0 aliphatic rings. The normalized spacial score (nSPS) is 11.2. The summed E-state index contributed by atoms with van der Waals surface area (Å²) in [5.74, 6) is -0.129. The summed E-state index contributed by atoms with van der Waals surface area (Å²) in [4.78, 5) is 0. The Morgan fingerprint density at radius 1 is 1.21 bits per heavy atom. The Morgan fingerprint density at radius 2 is 2.00 bits per heavy atom. The fraction of sp³-hybridized carbons (Fsp3) is 0. The van der Waals surface area contributed by atoms with Crippen LogP contribution in [0.5, 0.6) is 11.5 Å². The summed E-state index contributed by atoms with van der Waals surface area (Å²) in [6, 6.07) is 9.52. The van der Waals surface area contributed by atoms with Crippen molar-refractivity contribution in [2.75, 3.05) is 0 Å². The van der Waals surface area contributed by atoms with Crippen LogP contribution in [-0.2, 0) is 0 Å². The van der Waals surface area contributed by atoms with Crippen molar-refractivity contribution in [3.8, 4) is 22.9 Å². The molecule has 0 fully saturated rings. The van der Waals surface area contributed by atoms with Gasteiger partial charge in [-0.25, -0.2) is 5.10 Å². The number of aromatic nitrogens is 3. The molecule has 0 bridgehead atoms. The minimum Gasteiger partial charge on any atom is -0.504 e. The second kappa shape index (κ2) is 6.64. The van der Waals surface area contributed by atoms with Crippen LogP contribution in [0.2, 0.25) is 10.0 Å². The fourth-order valence-electron chi connectivity index (χ4n) is 2.02. The topological polar surface area (TPSA) is 86.4 Å². The molecule has 0 amide bonds. The monoisotopic (exact) mass is 380 g/mol. The van der Waals surface area contributed by atoms with E-state index in [-0.39, 0.29) is 16.3 Å². The molecule has 0 saturated heterocycles. The molecule has 3 rings (SSSR count). The SMILES string of the molecule is Oc1cccc(C=Nn2c(-c3ccc(Cl)cc3Cl)n[nH]c2=S)c1O. The fourth-order valence-corrected chi connectivity index (χ4v) is 2.69. The Bertz CT molecular complexity index is 997. The summed E-state index contributed by atoms with van der Waals surface area (Å²) in [5.41, 5.74) is 0.914. The summed E-state index contributed by atoms with van der Waals surface area (Å²) in [5, 5.41) is 31.2. The van der Waals surface area contributed by atoms with Crippen LogP contribution in [0.25, 0.3) is 11.4 Å². The number of aromatic amines is 1. The van der Waals surface area contributed by atoms with Gasteiger partial charge in [-0.05, 0) is 42.5 Å². The number of hydrogen-bond donors (Lipinski definition) is 3. The zero-order valence-corrected chi connectivity index (χ0v) is 14.3. The number of para-hydroxylation sites is 1. The maximum Gasteiger partial charge on any atom is 0.216 e. The summed E-state index contributed by atoms with van der Waals surface area (Å²) in [7, 11) is 0. The first-order chi connectivity index (χ1) is 11.5.